The number of hydrogen-bond acceptors (Lipinski definition) is 2. The molecule has 0 fully saturated rings. The third-order valence-electron chi connectivity index (χ3n) is 6.72. The number of aryl methyl sites for hydroxylation is 2. The molecule has 2 aliphatic rings. The van der Waals surface area contributed by atoms with Crippen molar-refractivity contribution in [1.29, 1.82) is 0 Å². The molecule has 1 aliphatic heterocycles. The monoisotopic (exact) mass is 462 g/mol. The number of carbonyl (C=O) groups excluding carboxylic acids is 1. The average molecular weight is 463 g/mol. The van der Waals surface area contributed by atoms with Crippen LogP contribution in [0.4, 0.5) is 11.4 Å². The normalized spacial score (nSPS) is 20.9. The van der Waals surface area contributed by atoms with Crippen LogP contribution in [0.15, 0.2) is 66.7 Å². The Morgan fingerprint density at radius 3 is 2.59 bits per heavy atom. The number of amides is 1. The third kappa shape index (κ3) is 3.60. The number of nitrogens with one attached hydrogen (secondary N) is 2. The lowest BCUT2D eigenvalue weighted by atomic mass is 9.76. The van der Waals surface area contributed by atoms with E-state index in [1.807, 2.05) is 49.4 Å². The van der Waals surface area contributed by atoms with Gasteiger partial charge in [0.05, 0.1) is 27.3 Å². The summed E-state index contributed by atoms with van der Waals surface area (Å²) >= 11 is 12.9. The zero-order chi connectivity index (χ0) is 22.4. The highest BCUT2D eigenvalue weighted by Crippen LogP contribution is 2.52. The Morgan fingerprint density at radius 1 is 1.00 bits per heavy atom. The zero-order valence-corrected chi connectivity index (χ0v) is 19.5. The molecule has 3 aromatic carbocycles. The van der Waals surface area contributed by atoms with Gasteiger partial charge in [-0.3, -0.25) is 4.79 Å². The molecule has 3 unspecified atom stereocenters. The number of fused-ring (bicyclic) bond motifs is 3. The molecule has 5 rings (SSSR count). The highest BCUT2D eigenvalue weighted by Gasteiger charge is 2.40. The summed E-state index contributed by atoms with van der Waals surface area (Å²) in [6.45, 7) is 4.11. The van der Waals surface area contributed by atoms with Crippen molar-refractivity contribution in [1.82, 2.24) is 0 Å². The molecule has 0 aromatic heterocycles. The van der Waals surface area contributed by atoms with Crippen molar-refractivity contribution in [2.75, 3.05) is 10.6 Å². The Morgan fingerprint density at radius 2 is 1.78 bits per heavy atom. The number of para-hydroxylation sites is 1. The lowest BCUT2D eigenvalue weighted by molar-refractivity contribution is 0.102. The van der Waals surface area contributed by atoms with Crippen LogP contribution in [0, 0.1) is 19.8 Å². The van der Waals surface area contributed by atoms with Crippen LogP contribution in [0.3, 0.4) is 0 Å². The van der Waals surface area contributed by atoms with E-state index in [1.165, 1.54) is 5.56 Å². The van der Waals surface area contributed by atoms with E-state index in [4.69, 9.17) is 23.2 Å². The smallest absolute Gasteiger partial charge is 0.257 e. The molecule has 3 atom stereocenters. The maximum Gasteiger partial charge on any atom is 0.257 e. The molecular weight excluding hydrogens is 439 g/mol. The lowest BCUT2D eigenvalue weighted by Gasteiger charge is -2.38. The van der Waals surface area contributed by atoms with E-state index < -0.39 is 0 Å². The summed E-state index contributed by atoms with van der Waals surface area (Å²) in [5.41, 5.74) is 6.73. The Labute approximate surface area is 198 Å². The van der Waals surface area contributed by atoms with Crippen molar-refractivity contribution in [3.05, 3.63) is 105 Å². The van der Waals surface area contributed by atoms with Gasteiger partial charge in [-0.1, -0.05) is 65.7 Å². The van der Waals surface area contributed by atoms with Crippen molar-refractivity contribution in [2.45, 2.75) is 32.2 Å². The average Bonchev–Trinajstić information content (AvgIpc) is 3.28. The molecule has 0 saturated carbocycles. The number of hydrogen-bond donors (Lipinski definition) is 2. The molecule has 5 heteroatoms. The standard InChI is InChI=1S/C27H24Cl2N2O/c1-15-12-13-17(14-16(15)2)30-27(32)22-10-4-8-20-18-6-3-7-19(18)25(31-26(20)22)21-9-5-11-23(28)24(21)29/h3-6,8-14,18-19,25,31H,7H2,1-2H3,(H,30,32). The first-order valence-electron chi connectivity index (χ1n) is 10.8. The topological polar surface area (TPSA) is 41.1 Å². The van der Waals surface area contributed by atoms with E-state index in [0.29, 0.717) is 21.5 Å². The van der Waals surface area contributed by atoms with Gasteiger partial charge in [0, 0.05) is 11.6 Å². The van der Waals surface area contributed by atoms with E-state index in [1.54, 1.807) is 6.07 Å². The summed E-state index contributed by atoms with van der Waals surface area (Å²) in [5, 5.41) is 7.84. The molecule has 3 aromatic rings. The van der Waals surface area contributed by atoms with Crippen LogP contribution in [0.1, 0.15) is 51.0 Å². The zero-order valence-electron chi connectivity index (χ0n) is 18.0. The predicted molar refractivity (Wildman–Crippen MR) is 133 cm³/mol. The fourth-order valence-electron chi connectivity index (χ4n) is 4.90. The van der Waals surface area contributed by atoms with Crippen molar-refractivity contribution >= 4 is 40.5 Å². The van der Waals surface area contributed by atoms with Crippen molar-refractivity contribution in [3.63, 3.8) is 0 Å². The maximum atomic E-state index is 13.3. The summed E-state index contributed by atoms with van der Waals surface area (Å²) in [7, 11) is 0. The SMILES string of the molecule is Cc1ccc(NC(=O)c2cccc3c2NC(c2cccc(Cl)c2Cl)C2CC=CC32)cc1C. The van der Waals surface area contributed by atoms with E-state index in [9.17, 15) is 4.79 Å². The fourth-order valence-corrected chi connectivity index (χ4v) is 5.32. The molecule has 1 aliphatic carbocycles. The van der Waals surface area contributed by atoms with Gasteiger partial charge in [0.25, 0.3) is 5.91 Å². The van der Waals surface area contributed by atoms with Gasteiger partial charge in [-0.15, -0.1) is 0 Å². The molecule has 0 bridgehead atoms. The molecule has 0 radical (unpaired) electrons. The Kier molecular flexibility index (Phi) is 5.48. The van der Waals surface area contributed by atoms with Crippen molar-refractivity contribution in [3.8, 4) is 0 Å². The second kappa shape index (κ2) is 8.31. The quantitative estimate of drug-likeness (QED) is 0.391. The summed E-state index contributed by atoms with van der Waals surface area (Å²) < 4.78 is 0. The summed E-state index contributed by atoms with van der Waals surface area (Å²) in [6.07, 6.45) is 5.42. The fraction of sp³-hybridized carbons (Fsp3) is 0.222. The molecule has 1 heterocycles. The number of anilines is 2. The molecule has 32 heavy (non-hydrogen) atoms. The minimum Gasteiger partial charge on any atom is -0.377 e. The summed E-state index contributed by atoms with van der Waals surface area (Å²) in [4.78, 5) is 13.3. The molecule has 1 amide bonds. The van der Waals surface area contributed by atoms with Crippen LogP contribution in [-0.4, -0.2) is 5.91 Å². The number of allylic oxidation sites excluding steroid dienone is 2. The van der Waals surface area contributed by atoms with Crippen LogP contribution in [0.2, 0.25) is 10.0 Å². The predicted octanol–water partition coefficient (Wildman–Crippen LogP) is 7.69. The first kappa shape index (κ1) is 21.1. The van der Waals surface area contributed by atoms with Crippen LogP contribution >= 0.6 is 23.2 Å². The van der Waals surface area contributed by atoms with Crippen LogP contribution < -0.4 is 10.6 Å². The molecular formula is C27H24Cl2N2O. The van der Waals surface area contributed by atoms with Gasteiger partial charge in [0.15, 0.2) is 0 Å². The molecule has 0 spiro atoms. The largest absolute Gasteiger partial charge is 0.377 e. The van der Waals surface area contributed by atoms with Gasteiger partial charge in [0.1, 0.15) is 0 Å². The Hall–Kier alpha value is -2.75. The molecule has 162 valence electrons. The highest BCUT2D eigenvalue weighted by atomic mass is 35.5. The van der Waals surface area contributed by atoms with Gasteiger partial charge in [-0.25, -0.2) is 0 Å². The van der Waals surface area contributed by atoms with Crippen molar-refractivity contribution in [2.24, 2.45) is 5.92 Å². The second-order valence-corrected chi connectivity index (χ2v) is 9.43. The molecule has 0 saturated heterocycles. The minimum atomic E-state index is -0.131. The Bertz CT molecular complexity index is 1250. The highest BCUT2D eigenvalue weighted by molar-refractivity contribution is 6.42. The lowest BCUT2D eigenvalue weighted by Crippen LogP contribution is -2.31. The van der Waals surface area contributed by atoms with Gasteiger partial charge in [-0.05, 0) is 72.7 Å². The maximum absolute atomic E-state index is 13.3. The van der Waals surface area contributed by atoms with E-state index in [0.717, 1.165) is 34.5 Å². The summed E-state index contributed by atoms with van der Waals surface area (Å²) in [5.74, 6) is 0.408. The molecule has 2 N–H and O–H groups in total. The van der Waals surface area contributed by atoms with Gasteiger partial charge < -0.3 is 10.6 Å². The number of halogens is 2. The van der Waals surface area contributed by atoms with Crippen molar-refractivity contribution < 1.29 is 4.79 Å². The Balaban J connectivity index is 1.54. The molecule has 3 nitrogen and oxygen atoms in total. The number of benzene rings is 3. The second-order valence-electron chi connectivity index (χ2n) is 8.64. The first-order chi connectivity index (χ1) is 15.4. The van der Waals surface area contributed by atoms with Crippen LogP contribution in [0.25, 0.3) is 0 Å². The first-order valence-corrected chi connectivity index (χ1v) is 11.6. The van der Waals surface area contributed by atoms with Crippen LogP contribution in [0.5, 0.6) is 0 Å². The van der Waals surface area contributed by atoms with E-state index in [2.05, 4.69) is 35.8 Å². The minimum absolute atomic E-state index is 0.0377. The van der Waals surface area contributed by atoms with Gasteiger partial charge in [0.2, 0.25) is 0 Å². The number of carbonyl (C=O) groups is 1. The summed E-state index contributed by atoms with van der Waals surface area (Å²) in [6, 6.07) is 17.6. The van der Waals surface area contributed by atoms with Gasteiger partial charge in [-0.2, -0.15) is 0 Å². The third-order valence-corrected chi connectivity index (χ3v) is 7.56. The van der Waals surface area contributed by atoms with Crippen LogP contribution in [-0.2, 0) is 0 Å². The van der Waals surface area contributed by atoms with E-state index >= 15 is 0 Å². The van der Waals surface area contributed by atoms with E-state index in [-0.39, 0.29) is 17.9 Å². The van der Waals surface area contributed by atoms with Gasteiger partial charge >= 0.3 is 0 Å². The number of rotatable bonds is 3.